The fourth-order valence-electron chi connectivity index (χ4n) is 2.16. The molecule has 0 saturated heterocycles. The van der Waals surface area contributed by atoms with Gasteiger partial charge in [0.15, 0.2) is 0 Å². The highest BCUT2D eigenvalue weighted by atomic mass is 16.3. The van der Waals surface area contributed by atoms with Crippen molar-refractivity contribution in [1.29, 1.82) is 0 Å². The summed E-state index contributed by atoms with van der Waals surface area (Å²) < 4.78 is 0. The summed E-state index contributed by atoms with van der Waals surface area (Å²) in [6, 6.07) is 2.05. The van der Waals surface area contributed by atoms with Crippen LogP contribution >= 0.6 is 0 Å². The van der Waals surface area contributed by atoms with Gasteiger partial charge in [-0.25, -0.2) is 4.98 Å². The maximum atomic E-state index is 9.98. The zero-order valence-corrected chi connectivity index (χ0v) is 12.1. The molecule has 1 aromatic rings. The van der Waals surface area contributed by atoms with Crippen LogP contribution in [-0.2, 0) is 6.54 Å². The number of aryl methyl sites for hydroxylation is 2. The van der Waals surface area contributed by atoms with E-state index in [1.165, 1.54) is 0 Å². The summed E-state index contributed by atoms with van der Waals surface area (Å²) in [7, 11) is 0. The van der Waals surface area contributed by atoms with E-state index in [9.17, 15) is 5.11 Å². The first-order valence-corrected chi connectivity index (χ1v) is 6.43. The van der Waals surface area contributed by atoms with Crippen LogP contribution < -0.4 is 10.6 Å². The Kier molecular flexibility index (Phi) is 4.71. The molecule has 0 aliphatic carbocycles. The quantitative estimate of drug-likeness (QED) is 0.837. The number of rotatable bonds is 5. The Balaban J connectivity index is 3.19. The lowest BCUT2D eigenvalue weighted by Gasteiger charge is -2.31. The zero-order chi connectivity index (χ0) is 13.9. The minimum atomic E-state index is -0.749. The van der Waals surface area contributed by atoms with Crippen LogP contribution in [-0.4, -0.2) is 28.8 Å². The number of likely N-dealkylation sites (N-methyl/N-ethyl adjacent to an activating group) is 1. The second-order valence-electron chi connectivity index (χ2n) is 5.41. The molecule has 102 valence electrons. The van der Waals surface area contributed by atoms with Gasteiger partial charge in [-0.1, -0.05) is 0 Å². The van der Waals surface area contributed by atoms with Crippen molar-refractivity contribution in [1.82, 2.24) is 4.98 Å². The first kappa shape index (κ1) is 14.9. The molecule has 4 nitrogen and oxygen atoms in total. The zero-order valence-electron chi connectivity index (χ0n) is 12.1. The number of hydrogen-bond donors (Lipinski definition) is 2. The summed E-state index contributed by atoms with van der Waals surface area (Å²) in [5, 5.41) is 9.98. The Bertz CT molecular complexity index is 410. The molecule has 1 rings (SSSR count). The van der Waals surface area contributed by atoms with Crippen LogP contribution in [0.25, 0.3) is 0 Å². The monoisotopic (exact) mass is 251 g/mol. The van der Waals surface area contributed by atoms with Crippen LogP contribution in [0.2, 0.25) is 0 Å². The van der Waals surface area contributed by atoms with E-state index in [1.54, 1.807) is 13.8 Å². The molecule has 0 radical (unpaired) electrons. The van der Waals surface area contributed by atoms with Crippen molar-refractivity contribution in [2.24, 2.45) is 5.73 Å². The van der Waals surface area contributed by atoms with E-state index in [0.29, 0.717) is 13.1 Å². The summed E-state index contributed by atoms with van der Waals surface area (Å²) >= 11 is 0. The molecule has 3 N–H and O–H groups in total. The summed E-state index contributed by atoms with van der Waals surface area (Å²) in [4.78, 5) is 6.68. The minimum Gasteiger partial charge on any atom is -0.389 e. The SMILES string of the molecule is CCN(CC(C)(C)O)c1nc(C)cc(C)c1CN. The molecular formula is C14H25N3O. The van der Waals surface area contributed by atoms with Gasteiger partial charge < -0.3 is 15.7 Å². The molecule has 4 heteroatoms. The van der Waals surface area contributed by atoms with Crippen LogP contribution in [0.5, 0.6) is 0 Å². The summed E-state index contributed by atoms with van der Waals surface area (Å²) in [5.74, 6) is 0.902. The smallest absolute Gasteiger partial charge is 0.133 e. The van der Waals surface area contributed by atoms with Crippen molar-refractivity contribution in [3.8, 4) is 0 Å². The second kappa shape index (κ2) is 5.67. The van der Waals surface area contributed by atoms with Crippen molar-refractivity contribution in [3.05, 3.63) is 22.9 Å². The molecule has 0 aromatic carbocycles. The fourth-order valence-corrected chi connectivity index (χ4v) is 2.16. The van der Waals surface area contributed by atoms with E-state index >= 15 is 0 Å². The average molecular weight is 251 g/mol. The minimum absolute atomic E-state index is 0.469. The Labute approximate surface area is 110 Å². The molecule has 0 fully saturated rings. The van der Waals surface area contributed by atoms with Gasteiger partial charge >= 0.3 is 0 Å². The first-order chi connectivity index (χ1) is 8.28. The largest absolute Gasteiger partial charge is 0.389 e. The lowest BCUT2D eigenvalue weighted by Crippen LogP contribution is -2.39. The van der Waals surface area contributed by atoms with Gasteiger partial charge in [0.2, 0.25) is 0 Å². The van der Waals surface area contributed by atoms with E-state index in [1.807, 2.05) is 13.0 Å². The van der Waals surface area contributed by atoms with Crippen LogP contribution in [0.4, 0.5) is 5.82 Å². The highest BCUT2D eigenvalue weighted by molar-refractivity contribution is 5.51. The highest BCUT2D eigenvalue weighted by Gasteiger charge is 2.21. The fraction of sp³-hybridized carbons (Fsp3) is 0.643. The molecule has 0 saturated carbocycles. The molecule has 0 aliphatic rings. The second-order valence-corrected chi connectivity index (χ2v) is 5.41. The summed E-state index contributed by atoms with van der Waals surface area (Å²) in [5.41, 5.74) is 8.28. The number of hydrogen-bond acceptors (Lipinski definition) is 4. The number of pyridine rings is 1. The van der Waals surface area contributed by atoms with Crippen LogP contribution in [0.3, 0.4) is 0 Å². The predicted molar refractivity (Wildman–Crippen MR) is 75.8 cm³/mol. The maximum absolute atomic E-state index is 9.98. The van der Waals surface area contributed by atoms with Crippen LogP contribution in [0.1, 0.15) is 37.6 Å². The number of anilines is 1. The number of nitrogens with two attached hydrogens (primary N) is 1. The molecule has 0 spiro atoms. The van der Waals surface area contributed by atoms with Crippen molar-refractivity contribution in [2.45, 2.75) is 46.8 Å². The molecular weight excluding hydrogens is 226 g/mol. The first-order valence-electron chi connectivity index (χ1n) is 6.43. The van der Waals surface area contributed by atoms with Crippen molar-refractivity contribution in [2.75, 3.05) is 18.0 Å². The molecule has 0 atom stereocenters. The van der Waals surface area contributed by atoms with Crippen molar-refractivity contribution < 1.29 is 5.11 Å². The van der Waals surface area contributed by atoms with Gasteiger partial charge in [-0.15, -0.1) is 0 Å². The van der Waals surface area contributed by atoms with Crippen LogP contribution in [0.15, 0.2) is 6.07 Å². The summed E-state index contributed by atoms with van der Waals surface area (Å²) in [6.45, 7) is 11.5. The van der Waals surface area contributed by atoms with E-state index < -0.39 is 5.60 Å². The van der Waals surface area contributed by atoms with E-state index in [4.69, 9.17) is 5.73 Å². The van der Waals surface area contributed by atoms with E-state index in [0.717, 1.165) is 29.2 Å². The maximum Gasteiger partial charge on any atom is 0.133 e. The van der Waals surface area contributed by atoms with Crippen molar-refractivity contribution in [3.63, 3.8) is 0 Å². The Morgan fingerprint density at radius 1 is 1.39 bits per heavy atom. The lowest BCUT2D eigenvalue weighted by atomic mass is 10.1. The number of nitrogens with zero attached hydrogens (tertiary/aromatic N) is 2. The Hall–Kier alpha value is -1.13. The molecule has 1 heterocycles. The number of aliphatic hydroxyl groups is 1. The Morgan fingerprint density at radius 2 is 2.00 bits per heavy atom. The normalized spacial score (nSPS) is 11.7. The molecule has 0 unspecified atom stereocenters. The predicted octanol–water partition coefficient (Wildman–Crippen LogP) is 1.75. The topological polar surface area (TPSA) is 62.4 Å². The molecule has 18 heavy (non-hydrogen) atoms. The molecule has 0 amide bonds. The number of aromatic nitrogens is 1. The molecule has 0 aliphatic heterocycles. The lowest BCUT2D eigenvalue weighted by molar-refractivity contribution is 0.0873. The van der Waals surface area contributed by atoms with Gasteiger partial charge in [0.05, 0.1) is 5.60 Å². The highest BCUT2D eigenvalue weighted by Crippen LogP contribution is 2.23. The van der Waals surface area contributed by atoms with Gasteiger partial charge in [-0.2, -0.15) is 0 Å². The van der Waals surface area contributed by atoms with Gasteiger partial charge in [-0.3, -0.25) is 0 Å². The van der Waals surface area contributed by atoms with Crippen molar-refractivity contribution >= 4 is 5.82 Å². The van der Waals surface area contributed by atoms with E-state index in [-0.39, 0.29) is 0 Å². The van der Waals surface area contributed by atoms with E-state index in [2.05, 4.69) is 23.7 Å². The Morgan fingerprint density at radius 3 is 2.44 bits per heavy atom. The van der Waals surface area contributed by atoms with Gasteiger partial charge in [-0.05, 0) is 46.2 Å². The molecule has 0 bridgehead atoms. The average Bonchev–Trinajstić information content (AvgIpc) is 2.23. The molecule has 1 aromatic heterocycles. The standard InChI is InChI=1S/C14H25N3O/c1-6-17(9-14(4,5)18)13-12(8-15)10(2)7-11(3)16-13/h7,18H,6,8-9,15H2,1-5H3. The third-order valence-electron chi connectivity index (χ3n) is 2.92. The van der Waals surface area contributed by atoms with Gasteiger partial charge in [0, 0.05) is 30.9 Å². The summed E-state index contributed by atoms with van der Waals surface area (Å²) in [6.07, 6.45) is 0. The third kappa shape index (κ3) is 3.68. The van der Waals surface area contributed by atoms with Crippen LogP contribution in [0, 0.1) is 13.8 Å². The van der Waals surface area contributed by atoms with Gasteiger partial charge in [0.25, 0.3) is 0 Å². The third-order valence-corrected chi connectivity index (χ3v) is 2.92. The van der Waals surface area contributed by atoms with Gasteiger partial charge in [0.1, 0.15) is 5.82 Å².